The van der Waals surface area contributed by atoms with Crippen LogP contribution in [0.1, 0.15) is 42.7 Å². The van der Waals surface area contributed by atoms with Gasteiger partial charge >= 0.3 is 5.97 Å². The van der Waals surface area contributed by atoms with Crippen LogP contribution in [0.5, 0.6) is 0 Å². The molecule has 5 nitrogen and oxygen atoms in total. The summed E-state index contributed by atoms with van der Waals surface area (Å²) in [7, 11) is 0. The molecule has 0 radical (unpaired) electrons. The van der Waals surface area contributed by atoms with Crippen molar-refractivity contribution in [2.45, 2.75) is 31.6 Å². The van der Waals surface area contributed by atoms with Crippen LogP contribution in [0.3, 0.4) is 0 Å². The highest BCUT2D eigenvalue weighted by molar-refractivity contribution is 7.08. The summed E-state index contributed by atoms with van der Waals surface area (Å²) >= 11 is 1.51. The largest absolute Gasteiger partial charge is 0.462 e. The first-order valence-electron chi connectivity index (χ1n) is 9.28. The van der Waals surface area contributed by atoms with Crippen molar-refractivity contribution < 1.29 is 19.1 Å². The van der Waals surface area contributed by atoms with Gasteiger partial charge in [0.2, 0.25) is 5.88 Å². The normalized spacial score (nSPS) is 22.0. The molecule has 1 aliphatic carbocycles. The van der Waals surface area contributed by atoms with Gasteiger partial charge in [0.1, 0.15) is 11.3 Å². The van der Waals surface area contributed by atoms with E-state index < -0.39 is 11.9 Å². The first kappa shape index (κ1) is 18.5. The number of allylic oxidation sites excluding steroid dienone is 2. The predicted octanol–water partition coefficient (Wildman–Crippen LogP) is 4.00. The van der Waals surface area contributed by atoms with Crippen molar-refractivity contribution in [1.29, 1.82) is 0 Å². The van der Waals surface area contributed by atoms with E-state index in [2.05, 4.69) is 0 Å². The molecule has 1 aromatic carbocycles. The summed E-state index contributed by atoms with van der Waals surface area (Å²) in [6.07, 6.45) is 0.950. The first-order chi connectivity index (χ1) is 13.6. The highest BCUT2D eigenvalue weighted by Crippen LogP contribution is 2.47. The van der Waals surface area contributed by atoms with Gasteiger partial charge in [-0.2, -0.15) is 11.3 Å². The van der Waals surface area contributed by atoms with Gasteiger partial charge in [0, 0.05) is 18.4 Å². The smallest absolute Gasteiger partial charge is 0.340 e. The van der Waals surface area contributed by atoms with Crippen LogP contribution in [-0.2, 0) is 19.1 Å². The van der Waals surface area contributed by atoms with Gasteiger partial charge in [-0.05, 0) is 40.8 Å². The molecule has 2 aromatic rings. The monoisotopic (exact) mass is 395 g/mol. The van der Waals surface area contributed by atoms with Crippen LogP contribution >= 0.6 is 11.3 Å². The van der Waals surface area contributed by atoms with E-state index >= 15 is 0 Å². The minimum atomic E-state index is -0.543. The Labute approximate surface area is 167 Å². The Morgan fingerprint density at radius 2 is 2.00 bits per heavy atom. The molecule has 0 bridgehead atoms. The van der Waals surface area contributed by atoms with Crippen molar-refractivity contribution in [2.24, 2.45) is 5.73 Å². The van der Waals surface area contributed by atoms with E-state index in [0.29, 0.717) is 24.2 Å². The average Bonchev–Trinajstić information content (AvgIpc) is 3.22. The molecule has 0 amide bonds. The topological polar surface area (TPSA) is 78.6 Å². The number of rotatable bonds is 4. The number of hydrogen-bond acceptors (Lipinski definition) is 6. The number of nitrogens with two attached hydrogens (primary N) is 1. The summed E-state index contributed by atoms with van der Waals surface area (Å²) in [5.41, 5.74) is 8.86. The van der Waals surface area contributed by atoms with E-state index in [1.165, 1.54) is 11.3 Å². The van der Waals surface area contributed by atoms with Crippen LogP contribution in [0.25, 0.3) is 0 Å². The summed E-state index contributed by atoms with van der Waals surface area (Å²) in [5.74, 6) is -0.478. The molecular formula is C22H21NO4S. The molecule has 0 spiro atoms. The second kappa shape index (κ2) is 7.64. The minimum absolute atomic E-state index is 0.0133. The third kappa shape index (κ3) is 3.24. The van der Waals surface area contributed by atoms with E-state index in [4.69, 9.17) is 15.2 Å². The third-order valence-electron chi connectivity index (χ3n) is 5.18. The second-order valence-electron chi connectivity index (χ2n) is 6.87. The van der Waals surface area contributed by atoms with Gasteiger partial charge in [0.15, 0.2) is 5.78 Å². The standard InChI is InChI=1S/C22H21NO4S/c1-2-26-22(25)20-18(14-8-9-28-12-14)19-16(24)10-15(11-17(19)27-21(20)23)13-6-4-3-5-7-13/h3-9,12,15,18H,2,10-11,23H2,1H3/t15-,18-/m1/s1. The predicted molar refractivity (Wildman–Crippen MR) is 106 cm³/mol. The lowest BCUT2D eigenvalue weighted by molar-refractivity contribution is -0.139. The Hall–Kier alpha value is -2.86. The number of esters is 1. The lowest BCUT2D eigenvalue weighted by Crippen LogP contribution is -2.33. The van der Waals surface area contributed by atoms with Gasteiger partial charge in [-0.3, -0.25) is 4.79 Å². The molecule has 0 unspecified atom stereocenters. The number of hydrogen-bond donors (Lipinski definition) is 1. The molecule has 0 saturated heterocycles. The van der Waals surface area contributed by atoms with Gasteiger partial charge in [0.25, 0.3) is 0 Å². The van der Waals surface area contributed by atoms with E-state index in [9.17, 15) is 9.59 Å². The van der Waals surface area contributed by atoms with Crippen LogP contribution in [0.4, 0.5) is 0 Å². The number of Topliss-reactive ketones (excluding diaryl/α,β-unsaturated/α-hetero) is 1. The first-order valence-corrected chi connectivity index (χ1v) is 10.2. The maximum atomic E-state index is 13.2. The van der Waals surface area contributed by atoms with Crippen LogP contribution < -0.4 is 5.73 Å². The van der Waals surface area contributed by atoms with Crippen LogP contribution in [0, 0.1) is 0 Å². The zero-order valence-electron chi connectivity index (χ0n) is 15.5. The van der Waals surface area contributed by atoms with Crippen molar-refractivity contribution in [1.82, 2.24) is 0 Å². The fraction of sp³-hybridized carbons (Fsp3) is 0.273. The Morgan fingerprint density at radius 1 is 1.21 bits per heavy atom. The zero-order chi connectivity index (χ0) is 19.7. The SMILES string of the molecule is CCOC(=O)C1=C(N)OC2=C(C(=O)C[C@@H](c3ccccc3)C2)[C@H]1c1ccsc1. The molecule has 6 heteroatoms. The molecule has 2 heterocycles. The van der Waals surface area contributed by atoms with E-state index in [-0.39, 0.29) is 29.8 Å². The summed E-state index contributed by atoms with van der Waals surface area (Å²) in [6, 6.07) is 11.8. The number of benzene rings is 1. The van der Waals surface area contributed by atoms with Gasteiger partial charge in [-0.15, -0.1) is 0 Å². The third-order valence-corrected chi connectivity index (χ3v) is 5.88. The summed E-state index contributed by atoms with van der Waals surface area (Å²) in [6.45, 7) is 1.96. The molecule has 0 saturated carbocycles. The van der Waals surface area contributed by atoms with Crippen LogP contribution in [-0.4, -0.2) is 18.4 Å². The molecule has 2 aliphatic rings. The van der Waals surface area contributed by atoms with E-state index in [1.54, 1.807) is 6.92 Å². The number of carbonyl (C=O) groups is 2. The Morgan fingerprint density at radius 3 is 2.68 bits per heavy atom. The molecule has 2 N–H and O–H groups in total. The van der Waals surface area contributed by atoms with Gasteiger partial charge < -0.3 is 15.2 Å². The summed E-state index contributed by atoms with van der Waals surface area (Å²) < 4.78 is 11.0. The fourth-order valence-corrected chi connectivity index (χ4v) is 4.63. The molecule has 2 atom stereocenters. The minimum Gasteiger partial charge on any atom is -0.462 e. The molecule has 0 fully saturated rings. The van der Waals surface area contributed by atoms with Crippen molar-refractivity contribution in [3.63, 3.8) is 0 Å². The van der Waals surface area contributed by atoms with Crippen molar-refractivity contribution >= 4 is 23.1 Å². The van der Waals surface area contributed by atoms with Crippen LogP contribution in [0.15, 0.2) is 69.9 Å². The van der Waals surface area contributed by atoms with Crippen molar-refractivity contribution in [3.8, 4) is 0 Å². The quantitative estimate of drug-likeness (QED) is 0.792. The highest BCUT2D eigenvalue weighted by atomic mass is 32.1. The van der Waals surface area contributed by atoms with Gasteiger partial charge in [-0.25, -0.2) is 4.79 Å². The number of ether oxygens (including phenoxy) is 2. The summed E-state index contributed by atoms with van der Waals surface area (Å²) in [5, 5.41) is 3.85. The Balaban J connectivity index is 1.77. The Kier molecular flexibility index (Phi) is 5.05. The lowest BCUT2D eigenvalue weighted by atomic mass is 9.74. The zero-order valence-corrected chi connectivity index (χ0v) is 16.3. The number of thiophene rings is 1. The summed E-state index contributed by atoms with van der Waals surface area (Å²) in [4.78, 5) is 25.8. The van der Waals surface area contributed by atoms with Crippen molar-refractivity contribution in [3.05, 3.63) is 81.1 Å². The highest BCUT2D eigenvalue weighted by Gasteiger charge is 2.43. The van der Waals surface area contributed by atoms with E-state index in [0.717, 1.165) is 11.1 Å². The van der Waals surface area contributed by atoms with Crippen molar-refractivity contribution in [2.75, 3.05) is 6.61 Å². The van der Waals surface area contributed by atoms with Crippen LogP contribution in [0.2, 0.25) is 0 Å². The molecule has 28 heavy (non-hydrogen) atoms. The maximum Gasteiger partial charge on any atom is 0.340 e. The lowest BCUT2D eigenvalue weighted by Gasteiger charge is -2.34. The van der Waals surface area contributed by atoms with Gasteiger partial charge in [-0.1, -0.05) is 30.3 Å². The molecule has 1 aromatic heterocycles. The number of carbonyl (C=O) groups excluding carboxylic acids is 2. The number of ketones is 1. The van der Waals surface area contributed by atoms with Gasteiger partial charge in [0.05, 0.1) is 12.5 Å². The van der Waals surface area contributed by atoms with E-state index in [1.807, 2.05) is 47.2 Å². The fourth-order valence-electron chi connectivity index (χ4n) is 3.95. The second-order valence-corrected chi connectivity index (χ2v) is 7.65. The molecule has 144 valence electrons. The average molecular weight is 395 g/mol. The molecule has 1 aliphatic heterocycles. The molecule has 4 rings (SSSR count). The maximum absolute atomic E-state index is 13.2. The Bertz CT molecular complexity index is 960. The molecular weight excluding hydrogens is 374 g/mol.